The number of rotatable bonds is 6. The minimum Gasteiger partial charge on any atom is -0.380 e. The average Bonchev–Trinajstić information content (AvgIpc) is 2.84. The molecule has 1 aromatic heterocycles. The van der Waals surface area contributed by atoms with E-state index in [1.54, 1.807) is 13.4 Å². The number of ether oxygens (including phenoxy) is 1. The molecule has 1 heterocycles. The highest BCUT2D eigenvalue weighted by molar-refractivity contribution is 5.22. The van der Waals surface area contributed by atoms with Crippen LogP contribution in [0.4, 0.5) is 0 Å². The van der Waals surface area contributed by atoms with Crippen molar-refractivity contribution in [2.45, 2.75) is 26.1 Å². The summed E-state index contributed by atoms with van der Waals surface area (Å²) in [5.74, 6) is 0.941. The molecule has 1 N–H and O–H groups in total. The number of benzene rings is 1. The summed E-state index contributed by atoms with van der Waals surface area (Å²) in [6, 6.07) is 8.59. The van der Waals surface area contributed by atoms with Gasteiger partial charge in [0.25, 0.3) is 0 Å². The molecule has 0 amide bonds. The summed E-state index contributed by atoms with van der Waals surface area (Å²) in [5.41, 5.74) is 2.43. The molecule has 0 aliphatic rings. The van der Waals surface area contributed by atoms with Crippen LogP contribution in [0.15, 0.2) is 30.6 Å². The van der Waals surface area contributed by atoms with Crippen molar-refractivity contribution in [1.82, 2.24) is 20.1 Å². The Labute approximate surface area is 113 Å². The highest BCUT2D eigenvalue weighted by Crippen LogP contribution is 2.10. The molecule has 0 radical (unpaired) electrons. The van der Waals surface area contributed by atoms with Crippen molar-refractivity contribution in [3.05, 3.63) is 47.5 Å². The Morgan fingerprint density at radius 1 is 1.26 bits per heavy atom. The van der Waals surface area contributed by atoms with Crippen molar-refractivity contribution in [1.29, 1.82) is 0 Å². The molecule has 102 valence electrons. The van der Waals surface area contributed by atoms with E-state index in [-0.39, 0.29) is 6.04 Å². The van der Waals surface area contributed by atoms with Crippen LogP contribution < -0.4 is 5.32 Å². The van der Waals surface area contributed by atoms with E-state index in [1.807, 2.05) is 11.6 Å². The van der Waals surface area contributed by atoms with Gasteiger partial charge >= 0.3 is 0 Å². The van der Waals surface area contributed by atoms with Gasteiger partial charge in [0.05, 0.1) is 12.6 Å². The van der Waals surface area contributed by atoms with Crippen LogP contribution in [0.2, 0.25) is 0 Å². The quantitative estimate of drug-likeness (QED) is 0.860. The maximum Gasteiger partial charge on any atom is 0.149 e. The van der Waals surface area contributed by atoms with Crippen LogP contribution in [0.3, 0.4) is 0 Å². The molecule has 0 aliphatic carbocycles. The maximum atomic E-state index is 5.09. The third-order valence-electron chi connectivity index (χ3n) is 3.08. The molecule has 5 heteroatoms. The summed E-state index contributed by atoms with van der Waals surface area (Å²) in [7, 11) is 3.66. The summed E-state index contributed by atoms with van der Waals surface area (Å²) in [6.07, 6.45) is 1.72. The van der Waals surface area contributed by atoms with E-state index in [2.05, 4.69) is 46.7 Å². The molecule has 0 saturated heterocycles. The summed E-state index contributed by atoms with van der Waals surface area (Å²) in [4.78, 5) is 0. The van der Waals surface area contributed by atoms with Gasteiger partial charge in [-0.3, -0.25) is 0 Å². The monoisotopic (exact) mass is 260 g/mol. The lowest BCUT2D eigenvalue weighted by Crippen LogP contribution is -2.21. The number of methoxy groups -OCH3 is 1. The van der Waals surface area contributed by atoms with Crippen molar-refractivity contribution in [3.63, 3.8) is 0 Å². The van der Waals surface area contributed by atoms with Gasteiger partial charge in [-0.05, 0) is 18.1 Å². The number of hydrogen-bond donors (Lipinski definition) is 1. The van der Waals surface area contributed by atoms with Gasteiger partial charge in [0.2, 0.25) is 0 Å². The molecule has 0 fully saturated rings. The van der Waals surface area contributed by atoms with E-state index >= 15 is 0 Å². The fourth-order valence-corrected chi connectivity index (χ4v) is 1.97. The first-order chi connectivity index (χ1) is 9.20. The molecule has 0 saturated carbocycles. The molecular formula is C14H20N4O. The van der Waals surface area contributed by atoms with Crippen molar-refractivity contribution < 1.29 is 4.74 Å². The van der Waals surface area contributed by atoms with E-state index in [9.17, 15) is 0 Å². The van der Waals surface area contributed by atoms with Gasteiger partial charge < -0.3 is 14.6 Å². The van der Waals surface area contributed by atoms with Crippen LogP contribution in [0, 0.1) is 0 Å². The summed E-state index contributed by atoms with van der Waals surface area (Å²) in [6.45, 7) is 3.55. The molecule has 1 atom stereocenters. The molecule has 0 spiro atoms. The Kier molecular flexibility index (Phi) is 4.65. The van der Waals surface area contributed by atoms with E-state index in [0.717, 1.165) is 12.4 Å². The van der Waals surface area contributed by atoms with Crippen molar-refractivity contribution in [3.8, 4) is 0 Å². The molecule has 5 nitrogen and oxygen atoms in total. The van der Waals surface area contributed by atoms with E-state index in [4.69, 9.17) is 4.74 Å². The van der Waals surface area contributed by atoms with Gasteiger partial charge in [-0.1, -0.05) is 24.3 Å². The Morgan fingerprint density at radius 3 is 2.53 bits per heavy atom. The van der Waals surface area contributed by atoms with Gasteiger partial charge in [0.1, 0.15) is 12.2 Å². The zero-order valence-electron chi connectivity index (χ0n) is 11.6. The molecular weight excluding hydrogens is 240 g/mol. The van der Waals surface area contributed by atoms with Crippen LogP contribution in [0.5, 0.6) is 0 Å². The number of nitrogens with zero attached hydrogens (tertiary/aromatic N) is 3. The second kappa shape index (κ2) is 6.45. The fourth-order valence-electron chi connectivity index (χ4n) is 1.97. The summed E-state index contributed by atoms with van der Waals surface area (Å²) >= 11 is 0. The van der Waals surface area contributed by atoms with Gasteiger partial charge in [-0.2, -0.15) is 0 Å². The van der Waals surface area contributed by atoms with Crippen LogP contribution >= 0.6 is 0 Å². The van der Waals surface area contributed by atoms with E-state index in [0.29, 0.717) is 6.61 Å². The van der Waals surface area contributed by atoms with Gasteiger partial charge in [-0.25, -0.2) is 0 Å². The van der Waals surface area contributed by atoms with Crippen molar-refractivity contribution >= 4 is 0 Å². The van der Waals surface area contributed by atoms with Crippen LogP contribution in [0.1, 0.15) is 29.9 Å². The molecule has 1 aromatic carbocycles. The average molecular weight is 260 g/mol. The number of aromatic nitrogens is 3. The predicted molar refractivity (Wildman–Crippen MR) is 73.4 cm³/mol. The molecule has 0 bridgehead atoms. The smallest absolute Gasteiger partial charge is 0.149 e. The van der Waals surface area contributed by atoms with Crippen molar-refractivity contribution in [2.24, 2.45) is 7.05 Å². The second-order valence-electron chi connectivity index (χ2n) is 4.65. The maximum absolute atomic E-state index is 5.09. The molecule has 2 aromatic rings. The van der Waals surface area contributed by atoms with Gasteiger partial charge in [-0.15, -0.1) is 10.2 Å². The van der Waals surface area contributed by atoms with Crippen LogP contribution in [0.25, 0.3) is 0 Å². The Bertz CT molecular complexity index is 506. The highest BCUT2D eigenvalue weighted by Gasteiger charge is 2.10. The summed E-state index contributed by atoms with van der Waals surface area (Å²) < 4.78 is 7.02. The first-order valence-corrected chi connectivity index (χ1v) is 6.34. The zero-order chi connectivity index (χ0) is 13.7. The Balaban J connectivity index is 1.90. The molecule has 19 heavy (non-hydrogen) atoms. The second-order valence-corrected chi connectivity index (χ2v) is 4.65. The number of nitrogens with one attached hydrogen (secondary N) is 1. The lowest BCUT2D eigenvalue weighted by Gasteiger charge is -2.13. The van der Waals surface area contributed by atoms with E-state index in [1.165, 1.54) is 11.1 Å². The summed E-state index contributed by atoms with van der Waals surface area (Å²) in [5, 5.41) is 11.4. The Hall–Kier alpha value is -1.72. The van der Waals surface area contributed by atoms with Crippen LogP contribution in [-0.4, -0.2) is 21.9 Å². The predicted octanol–water partition coefficient (Wildman–Crippen LogP) is 1.81. The molecule has 0 aliphatic heterocycles. The minimum absolute atomic E-state index is 0.172. The molecule has 2 rings (SSSR count). The topological polar surface area (TPSA) is 52.0 Å². The lowest BCUT2D eigenvalue weighted by molar-refractivity contribution is 0.185. The minimum atomic E-state index is 0.172. The standard InChI is InChI=1S/C14H20N4O/c1-11(14-17-16-10-18(14)2)15-8-12-4-6-13(7-5-12)9-19-3/h4-7,10-11,15H,8-9H2,1-3H3. The Morgan fingerprint density at radius 2 is 1.95 bits per heavy atom. The first kappa shape index (κ1) is 13.7. The fraction of sp³-hybridized carbons (Fsp3) is 0.429. The largest absolute Gasteiger partial charge is 0.380 e. The normalized spacial score (nSPS) is 12.6. The molecule has 1 unspecified atom stereocenters. The number of hydrogen-bond acceptors (Lipinski definition) is 4. The van der Waals surface area contributed by atoms with Crippen LogP contribution in [-0.2, 0) is 24.9 Å². The van der Waals surface area contributed by atoms with Crippen molar-refractivity contribution in [2.75, 3.05) is 7.11 Å². The first-order valence-electron chi connectivity index (χ1n) is 6.34. The highest BCUT2D eigenvalue weighted by atomic mass is 16.5. The third-order valence-corrected chi connectivity index (χ3v) is 3.08. The number of aryl methyl sites for hydroxylation is 1. The van der Waals surface area contributed by atoms with Gasteiger partial charge in [0.15, 0.2) is 0 Å². The zero-order valence-corrected chi connectivity index (χ0v) is 11.6. The SMILES string of the molecule is COCc1ccc(CNC(C)c2nncn2C)cc1. The van der Waals surface area contributed by atoms with E-state index < -0.39 is 0 Å². The lowest BCUT2D eigenvalue weighted by atomic mass is 10.1. The third kappa shape index (κ3) is 3.62. The van der Waals surface area contributed by atoms with Gasteiger partial charge in [0, 0.05) is 20.7 Å².